The third-order valence-electron chi connectivity index (χ3n) is 2.33. The Morgan fingerprint density at radius 3 is 2.67 bits per heavy atom. The monoisotopic (exact) mass is 248 g/mol. The van der Waals surface area contributed by atoms with Crippen molar-refractivity contribution in [2.24, 2.45) is 0 Å². The maximum atomic E-state index is 13.9. The van der Waals surface area contributed by atoms with Gasteiger partial charge in [-0.05, 0) is 38.1 Å². The molecule has 0 unspecified atom stereocenters. The minimum Gasteiger partial charge on any atom is -0.490 e. The van der Waals surface area contributed by atoms with Crippen molar-refractivity contribution >= 4 is 6.29 Å². The van der Waals surface area contributed by atoms with E-state index in [0.29, 0.717) is 12.0 Å². The minimum atomic E-state index is -0.444. The SMILES string of the molecule is CC(C)Oc1cccc(F)c1-c1ccc(C=O)o1. The number of hydrogen-bond donors (Lipinski definition) is 0. The first-order chi connectivity index (χ1) is 8.61. The molecule has 0 aliphatic rings. The predicted octanol–water partition coefficient (Wildman–Crippen LogP) is 3.69. The van der Waals surface area contributed by atoms with Gasteiger partial charge in [0.15, 0.2) is 12.0 Å². The zero-order valence-corrected chi connectivity index (χ0v) is 10.1. The highest BCUT2D eigenvalue weighted by Crippen LogP contribution is 2.34. The van der Waals surface area contributed by atoms with E-state index in [1.165, 1.54) is 12.1 Å². The maximum absolute atomic E-state index is 13.9. The van der Waals surface area contributed by atoms with Crippen LogP contribution in [0.5, 0.6) is 5.75 Å². The molecule has 3 nitrogen and oxygen atoms in total. The molecule has 0 fully saturated rings. The van der Waals surface area contributed by atoms with Gasteiger partial charge in [-0.25, -0.2) is 4.39 Å². The molecule has 2 aromatic rings. The molecule has 0 aliphatic carbocycles. The number of furan rings is 1. The lowest BCUT2D eigenvalue weighted by molar-refractivity contribution is 0.110. The van der Waals surface area contributed by atoms with Crippen molar-refractivity contribution in [3.63, 3.8) is 0 Å². The molecule has 0 bridgehead atoms. The van der Waals surface area contributed by atoms with E-state index in [0.717, 1.165) is 0 Å². The van der Waals surface area contributed by atoms with Crippen LogP contribution < -0.4 is 4.74 Å². The van der Waals surface area contributed by atoms with Gasteiger partial charge in [0.1, 0.15) is 17.3 Å². The second-order valence-electron chi connectivity index (χ2n) is 4.10. The van der Waals surface area contributed by atoms with E-state index in [-0.39, 0.29) is 23.2 Å². The summed E-state index contributed by atoms with van der Waals surface area (Å²) in [5.41, 5.74) is 0.235. The van der Waals surface area contributed by atoms with Crippen molar-refractivity contribution in [1.29, 1.82) is 0 Å². The lowest BCUT2D eigenvalue weighted by Gasteiger charge is -2.13. The fourth-order valence-electron chi connectivity index (χ4n) is 1.65. The topological polar surface area (TPSA) is 39.4 Å². The second kappa shape index (κ2) is 5.04. The van der Waals surface area contributed by atoms with Gasteiger partial charge in [0, 0.05) is 0 Å². The third kappa shape index (κ3) is 2.42. The summed E-state index contributed by atoms with van der Waals surface area (Å²) in [5.74, 6) is 0.395. The van der Waals surface area contributed by atoms with Gasteiger partial charge in [-0.2, -0.15) is 0 Å². The van der Waals surface area contributed by atoms with Crippen molar-refractivity contribution in [3.8, 4) is 17.1 Å². The van der Waals surface area contributed by atoms with Crippen LogP contribution >= 0.6 is 0 Å². The van der Waals surface area contributed by atoms with Crippen LogP contribution in [-0.4, -0.2) is 12.4 Å². The number of ether oxygens (including phenoxy) is 1. The number of rotatable bonds is 4. The van der Waals surface area contributed by atoms with E-state index >= 15 is 0 Å². The van der Waals surface area contributed by atoms with Gasteiger partial charge in [0.2, 0.25) is 0 Å². The molecule has 1 aromatic carbocycles. The highest BCUT2D eigenvalue weighted by atomic mass is 19.1. The molecule has 0 atom stereocenters. The van der Waals surface area contributed by atoms with E-state index in [4.69, 9.17) is 9.15 Å². The molecule has 4 heteroatoms. The summed E-state index contributed by atoms with van der Waals surface area (Å²) < 4.78 is 24.6. The highest BCUT2D eigenvalue weighted by Gasteiger charge is 2.16. The standard InChI is InChI=1S/C14H13FO3/c1-9(2)17-12-5-3-4-11(15)14(12)13-7-6-10(8-16)18-13/h3-9H,1-2H3. The summed E-state index contributed by atoms with van der Waals surface area (Å²) in [6.07, 6.45) is 0.499. The van der Waals surface area contributed by atoms with Crippen LogP contribution in [0, 0.1) is 5.82 Å². The maximum Gasteiger partial charge on any atom is 0.185 e. The molecular formula is C14H13FO3. The van der Waals surface area contributed by atoms with Gasteiger partial charge >= 0.3 is 0 Å². The molecule has 0 aliphatic heterocycles. The first-order valence-corrected chi connectivity index (χ1v) is 5.62. The van der Waals surface area contributed by atoms with Crippen molar-refractivity contribution < 1.29 is 18.3 Å². The van der Waals surface area contributed by atoms with Crippen LogP contribution in [0.1, 0.15) is 24.4 Å². The first-order valence-electron chi connectivity index (χ1n) is 5.62. The van der Waals surface area contributed by atoms with Gasteiger partial charge in [-0.1, -0.05) is 6.07 Å². The number of aldehydes is 1. The van der Waals surface area contributed by atoms with E-state index < -0.39 is 5.82 Å². The van der Waals surface area contributed by atoms with Gasteiger partial charge in [0.05, 0.1) is 11.7 Å². The lowest BCUT2D eigenvalue weighted by Crippen LogP contribution is -2.07. The fourth-order valence-corrected chi connectivity index (χ4v) is 1.65. The molecule has 0 saturated heterocycles. The molecule has 18 heavy (non-hydrogen) atoms. The Bertz CT molecular complexity index is 558. The number of carbonyl (C=O) groups is 1. The molecular weight excluding hydrogens is 235 g/mol. The summed E-state index contributed by atoms with van der Waals surface area (Å²) in [4.78, 5) is 10.6. The first kappa shape index (κ1) is 12.4. The van der Waals surface area contributed by atoms with Crippen LogP contribution in [-0.2, 0) is 0 Å². The summed E-state index contributed by atoms with van der Waals surface area (Å²) >= 11 is 0. The Kier molecular flexibility index (Phi) is 3.46. The van der Waals surface area contributed by atoms with E-state index in [1.807, 2.05) is 13.8 Å². The summed E-state index contributed by atoms with van der Waals surface area (Å²) in [7, 11) is 0. The Balaban J connectivity index is 2.50. The highest BCUT2D eigenvalue weighted by molar-refractivity contribution is 5.74. The van der Waals surface area contributed by atoms with E-state index in [9.17, 15) is 9.18 Å². The quantitative estimate of drug-likeness (QED) is 0.775. The third-order valence-corrected chi connectivity index (χ3v) is 2.33. The molecule has 2 rings (SSSR count). The van der Waals surface area contributed by atoms with Crippen LogP contribution in [0.15, 0.2) is 34.7 Å². The van der Waals surface area contributed by atoms with Gasteiger partial charge in [-0.15, -0.1) is 0 Å². The molecule has 1 aromatic heterocycles. The zero-order chi connectivity index (χ0) is 13.1. The molecule has 0 amide bonds. The zero-order valence-electron chi connectivity index (χ0n) is 10.1. The normalized spacial score (nSPS) is 10.7. The van der Waals surface area contributed by atoms with Crippen molar-refractivity contribution in [1.82, 2.24) is 0 Å². The molecule has 0 spiro atoms. The summed E-state index contributed by atoms with van der Waals surface area (Å²) in [6, 6.07) is 7.61. The van der Waals surface area contributed by atoms with E-state index in [1.54, 1.807) is 18.2 Å². The smallest absolute Gasteiger partial charge is 0.185 e. The van der Waals surface area contributed by atoms with Gasteiger partial charge < -0.3 is 9.15 Å². The average molecular weight is 248 g/mol. The Labute approximate surface area is 104 Å². The second-order valence-corrected chi connectivity index (χ2v) is 4.10. The Hall–Kier alpha value is -2.10. The number of carbonyl (C=O) groups excluding carboxylic acids is 1. The average Bonchev–Trinajstić information content (AvgIpc) is 2.76. The van der Waals surface area contributed by atoms with Crippen LogP contribution in [0.25, 0.3) is 11.3 Å². The lowest BCUT2D eigenvalue weighted by atomic mass is 10.1. The summed E-state index contributed by atoms with van der Waals surface area (Å²) in [5, 5.41) is 0. The number of benzene rings is 1. The number of halogens is 1. The Morgan fingerprint density at radius 1 is 1.28 bits per heavy atom. The minimum absolute atomic E-state index is 0.0777. The molecule has 94 valence electrons. The molecule has 0 radical (unpaired) electrons. The van der Waals surface area contributed by atoms with Crippen LogP contribution in [0.3, 0.4) is 0 Å². The number of hydrogen-bond acceptors (Lipinski definition) is 3. The largest absolute Gasteiger partial charge is 0.490 e. The molecule has 1 heterocycles. The molecule has 0 saturated carbocycles. The molecule has 0 N–H and O–H groups in total. The van der Waals surface area contributed by atoms with Crippen LogP contribution in [0.2, 0.25) is 0 Å². The predicted molar refractivity (Wildman–Crippen MR) is 65.3 cm³/mol. The van der Waals surface area contributed by atoms with E-state index in [2.05, 4.69) is 0 Å². The summed E-state index contributed by atoms with van der Waals surface area (Å²) in [6.45, 7) is 3.71. The van der Waals surface area contributed by atoms with Crippen molar-refractivity contribution in [2.75, 3.05) is 0 Å². The van der Waals surface area contributed by atoms with Crippen molar-refractivity contribution in [3.05, 3.63) is 41.9 Å². The van der Waals surface area contributed by atoms with Crippen molar-refractivity contribution in [2.45, 2.75) is 20.0 Å². The van der Waals surface area contributed by atoms with Crippen LogP contribution in [0.4, 0.5) is 4.39 Å². The Morgan fingerprint density at radius 2 is 2.06 bits per heavy atom. The van der Waals surface area contributed by atoms with Gasteiger partial charge in [-0.3, -0.25) is 4.79 Å². The van der Waals surface area contributed by atoms with Gasteiger partial charge in [0.25, 0.3) is 0 Å². The fraction of sp³-hybridized carbons (Fsp3) is 0.214.